The van der Waals surface area contributed by atoms with Gasteiger partial charge in [0.2, 0.25) is 0 Å². The van der Waals surface area contributed by atoms with Gasteiger partial charge in [0.15, 0.2) is 18.9 Å². The van der Waals surface area contributed by atoms with Crippen molar-refractivity contribution in [3.63, 3.8) is 0 Å². The van der Waals surface area contributed by atoms with Crippen molar-refractivity contribution in [3.05, 3.63) is 30.6 Å². The van der Waals surface area contributed by atoms with E-state index in [1.54, 1.807) is 0 Å². The lowest BCUT2D eigenvalue weighted by Crippen LogP contribution is -2.67. The predicted octanol–water partition coefficient (Wildman–Crippen LogP) is 1.29. The lowest BCUT2D eigenvalue weighted by Gasteiger charge is -2.48. The van der Waals surface area contributed by atoms with E-state index in [0.717, 1.165) is 12.6 Å². The van der Waals surface area contributed by atoms with Crippen LogP contribution in [0.3, 0.4) is 0 Å². The van der Waals surface area contributed by atoms with Crippen molar-refractivity contribution in [2.24, 2.45) is 0 Å². The monoisotopic (exact) mass is 264 g/mol. The number of aromatic nitrogens is 1. The van der Waals surface area contributed by atoms with Crippen molar-refractivity contribution < 1.29 is 13.5 Å². The average Bonchev–Trinajstić information content (AvgIpc) is 2.42. The van der Waals surface area contributed by atoms with Crippen molar-refractivity contribution in [1.29, 1.82) is 0 Å². The van der Waals surface area contributed by atoms with Gasteiger partial charge in [-0.25, -0.2) is 0 Å². The second-order valence-electron chi connectivity index (χ2n) is 6.92. The summed E-state index contributed by atoms with van der Waals surface area (Å²) in [6.07, 6.45) is 4.34. The maximum absolute atomic E-state index is 2.42. The average molecular weight is 264 g/mol. The van der Waals surface area contributed by atoms with Gasteiger partial charge in [-0.1, -0.05) is 6.07 Å². The van der Waals surface area contributed by atoms with Gasteiger partial charge in [-0.15, -0.1) is 0 Å². The second-order valence-corrected chi connectivity index (χ2v) is 6.92. The number of hydrogen-bond donors (Lipinski definition) is 0. The molecule has 1 aliphatic heterocycles. The third kappa shape index (κ3) is 3.54. The molecule has 0 aromatic carbocycles. The van der Waals surface area contributed by atoms with Gasteiger partial charge in [-0.05, 0) is 13.8 Å². The number of hydrogen-bond acceptors (Lipinski definition) is 0. The van der Waals surface area contributed by atoms with E-state index in [2.05, 4.69) is 63.1 Å². The molecule has 2 rings (SSSR count). The summed E-state index contributed by atoms with van der Waals surface area (Å²) in [7, 11) is 4.84. The Morgan fingerprint density at radius 2 is 1.53 bits per heavy atom. The van der Waals surface area contributed by atoms with Gasteiger partial charge in [0.1, 0.15) is 32.7 Å². The number of likely N-dealkylation sites (N-methyl/N-ethyl adjacent to an activating group) is 2. The van der Waals surface area contributed by atoms with Crippen LogP contribution in [-0.4, -0.2) is 61.8 Å². The zero-order chi connectivity index (χ0) is 13.9. The van der Waals surface area contributed by atoms with Gasteiger partial charge < -0.3 is 8.97 Å². The third-order valence-corrected chi connectivity index (χ3v) is 5.22. The number of quaternary nitrogens is 2. The number of nitrogens with zero attached hydrogens (tertiary/aromatic N) is 3. The molecule has 0 radical (unpaired) electrons. The van der Waals surface area contributed by atoms with Crippen molar-refractivity contribution >= 4 is 0 Å². The maximum Gasteiger partial charge on any atom is 0.196 e. The van der Waals surface area contributed by atoms with Gasteiger partial charge >= 0.3 is 0 Å². The van der Waals surface area contributed by atoms with Gasteiger partial charge in [0, 0.05) is 12.1 Å². The van der Waals surface area contributed by atoms with E-state index >= 15 is 0 Å². The highest BCUT2D eigenvalue weighted by Gasteiger charge is 2.39. The van der Waals surface area contributed by atoms with Crippen LogP contribution in [0.15, 0.2) is 30.6 Å². The Balaban J connectivity index is 1.88. The quantitative estimate of drug-likeness (QED) is 0.570. The molecule has 0 amide bonds. The molecule has 0 atom stereocenters. The molecule has 106 valence electrons. The fourth-order valence-corrected chi connectivity index (χ4v) is 2.84. The lowest BCUT2D eigenvalue weighted by molar-refractivity contribution is -1.03. The van der Waals surface area contributed by atoms with E-state index < -0.39 is 0 Å². The summed E-state index contributed by atoms with van der Waals surface area (Å²) in [4.78, 5) is 0. The molecule has 1 saturated heterocycles. The zero-order valence-electron chi connectivity index (χ0n) is 13.0. The summed E-state index contributed by atoms with van der Waals surface area (Å²) in [6.45, 7) is 12.3. The minimum absolute atomic E-state index is 0.747. The topological polar surface area (TPSA) is 3.88 Å². The summed E-state index contributed by atoms with van der Waals surface area (Å²) in [5.41, 5.74) is 0. The van der Waals surface area contributed by atoms with Crippen LogP contribution in [0.2, 0.25) is 0 Å². The minimum atomic E-state index is 0.747. The first-order valence-electron chi connectivity index (χ1n) is 7.55. The van der Waals surface area contributed by atoms with Gasteiger partial charge in [-0.2, -0.15) is 4.57 Å². The van der Waals surface area contributed by atoms with Crippen LogP contribution in [-0.2, 0) is 6.54 Å². The Hall–Kier alpha value is -0.930. The van der Waals surface area contributed by atoms with E-state index in [1.165, 1.54) is 41.7 Å². The summed E-state index contributed by atoms with van der Waals surface area (Å²) in [6, 6.07) is 7.06. The predicted molar refractivity (Wildman–Crippen MR) is 78.5 cm³/mol. The molecule has 3 nitrogen and oxygen atoms in total. The SMILES string of the molecule is CC(C)[N+]1(C)CC[N+](C)(CC[n+]2ccccc2)CC1. The Bertz CT molecular complexity index is 392. The first-order valence-corrected chi connectivity index (χ1v) is 7.55. The van der Waals surface area contributed by atoms with E-state index in [-0.39, 0.29) is 0 Å². The smallest absolute Gasteiger partial charge is 0.196 e. The van der Waals surface area contributed by atoms with Crippen LogP contribution in [0, 0.1) is 0 Å². The highest BCUT2D eigenvalue weighted by atomic mass is 15.5. The summed E-state index contributed by atoms with van der Waals surface area (Å²) >= 11 is 0. The normalized spacial score (nSPS) is 31.6. The van der Waals surface area contributed by atoms with Crippen LogP contribution in [0.4, 0.5) is 0 Å². The Morgan fingerprint density at radius 1 is 0.947 bits per heavy atom. The molecular weight excluding hydrogens is 234 g/mol. The Morgan fingerprint density at radius 3 is 2.05 bits per heavy atom. The van der Waals surface area contributed by atoms with Crippen LogP contribution in [0.1, 0.15) is 13.8 Å². The van der Waals surface area contributed by atoms with Crippen LogP contribution >= 0.6 is 0 Å². The highest BCUT2D eigenvalue weighted by molar-refractivity contribution is 4.83. The standard InChI is InChI=1S/C16H30N3/c1-16(2)19(4)14-12-18(3,13-15-19)11-10-17-8-6-5-7-9-17/h5-9,16H,10-15H2,1-4H3/q+3. The maximum atomic E-state index is 2.42. The molecule has 1 aliphatic rings. The summed E-state index contributed by atoms with van der Waals surface area (Å²) in [5.74, 6) is 0. The van der Waals surface area contributed by atoms with E-state index in [0.29, 0.717) is 0 Å². The van der Waals surface area contributed by atoms with Crippen LogP contribution in [0.25, 0.3) is 0 Å². The largest absolute Gasteiger partial charge is 0.315 e. The molecule has 0 aliphatic carbocycles. The molecule has 1 aromatic heterocycles. The lowest BCUT2D eigenvalue weighted by atomic mass is 10.1. The second kappa shape index (κ2) is 5.59. The molecule has 0 N–H and O–H groups in total. The first-order chi connectivity index (χ1) is 8.94. The number of rotatable bonds is 4. The molecule has 19 heavy (non-hydrogen) atoms. The van der Waals surface area contributed by atoms with Crippen LogP contribution < -0.4 is 4.57 Å². The Labute approximate surface area is 118 Å². The molecule has 3 heteroatoms. The van der Waals surface area contributed by atoms with Crippen molar-refractivity contribution in [3.8, 4) is 0 Å². The minimum Gasteiger partial charge on any atom is -0.315 e. The highest BCUT2D eigenvalue weighted by Crippen LogP contribution is 2.18. The molecule has 0 bridgehead atoms. The van der Waals surface area contributed by atoms with Crippen molar-refractivity contribution in [2.75, 3.05) is 46.8 Å². The number of pyridine rings is 1. The van der Waals surface area contributed by atoms with Gasteiger partial charge in [0.25, 0.3) is 0 Å². The van der Waals surface area contributed by atoms with Crippen molar-refractivity contribution in [2.45, 2.75) is 26.4 Å². The number of piperazine rings is 1. The van der Waals surface area contributed by atoms with Gasteiger partial charge in [-0.3, -0.25) is 0 Å². The Kier molecular flexibility index (Phi) is 4.26. The van der Waals surface area contributed by atoms with E-state index in [1.807, 2.05) is 0 Å². The van der Waals surface area contributed by atoms with Gasteiger partial charge in [0.05, 0.1) is 20.1 Å². The summed E-state index contributed by atoms with van der Waals surface area (Å²) < 4.78 is 4.77. The van der Waals surface area contributed by atoms with Crippen molar-refractivity contribution in [1.82, 2.24) is 0 Å². The molecular formula is C16H30N3+3. The molecule has 0 saturated carbocycles. The fraction of sp³-hybridized carbons (Fsp3) is 0.688. The first kappa shape index (κ1) is 14.5. The van der Waals surface area contributed by atoms with E-state index in [4.69, 9.17) is 0 Å². The molecule has 0 unspecified atom stereocenters. The molecule has 2 heterocycles. The van der Waals surface area contributed by atoms with Crippen LogP contribution in [0.5, 0.6) is 0 Å². The zero-order valence-corrected chi connectivity index (χ0v) is 13.0. The summed E-state index contributed by atoms with van der Waals surface area (Å²) in [5, 5.41) is 0. The molecule has 1 aromatic rings. The third-order valence-electron chi connectivity index (χ3n) is 5.22. The fourth-order valence-electron chi connectivity index (χ4n) is 2.84. The molecule has 1 fully saturated rings. The molecule has 0 spiro atoms. The van der Waals surface area contributed by atoms with E-state index in [9.17, 15) is 0 Å².